The maximum atomic E-state index is 13.0. The molecule has 0 aromatic heterocycles. The maximum Gasteiger partial charge on any atom is 0.408 e. The monoisotopic (exact) mass is 524 g/mol. The van der Waals surface area contributed by atoms with Gasteiger partial charge in [-0.1, -0.05) is 48.5 Å². The Morgan fingerprint density at radius 1 is 0.921 bits per heavy atom. The molecule has 0 unspecified atom stereocenters. The first-order chi connectivity index (χ1) is 17.8. The number of hydrogen-bond acceptors (Lipinski definition) is 6. The summed E-state index contributed by atoms with van der Waals surface area (Å²) in [5.74, 6) is -1.44. The molecule has 1 aliphatic carbocycles. The largest absolute Gasteiger partial charge is 0.449 e. The fourth-order valence-electron chi connectivity index (χ4n) is 4.47. The van der Waals surface area contributed by atoms with Gasteiger partial charge in [0.1, 0.15) is 24.3 Å². The fourth-order valence-corrected chi connectivity index (χ4v) is 4.47. The average molecular weight is 525 g/mol. The highest BCUT2D eigenvalue weighted by Gasteiger charge is 2.34. The van der Waals surface area contributed by atoms with E-state index in [2.05, 4.69) is 10.6 Å². The van der Waals surface area contributed by atoms with Gasteiger partial charge in [-0.05, 0) is 56.9 Å². The van der Waals surface area contributed by atoms with E-state index in [-0.39, 0.29) is 12.5 Å². The Morgan fingerprint density at radius 3 is 1.95 bits per heavy atom. The topological polar surface area (TPSA) is 140 Å². The van der Waals surface area contributed by atoms with Crippen LogP contribution in [-0.4, -0.2) is 66.3 Å². The summed E-state index contributed by atoms with van der Waals surface area (Å²) < 4.78 is 10.7. The molecule has 204 valence electrons. The Hall–Kier alpha value is -4.08. The molecule has 10 nitrogen and oxygen atoms in total. The lowest BCUT2D eigenvalue weighted by molar-refractivity contribution is -0.135. The first-order valence-electron chi connectivity index (χ1n) is 12.5. The van der Waals surface area contributed by atoms with Gasteiger partial charge >= 0.3 is 12.2 Å². The SMILES string of the molecule is C[C@H](NC(=O)OCC1c2ccccc2-c2ccccc21)C(=O)N(C)[C@@H](C)[C@H](NC(=O)OC(C)(C)C)C(N)=O. The lowest BCUT2D eigenvalue weighted by atomic mass is 9.98. The van der Waals surface area contributed by atoms with E-state index in [1.165, 1.54) is 18.9 Å². The van der Waals surface area contributed by atoms with E-state index in [1.807, 2.05) is 48.5 Å². The van der Waals surface area contributed by atoms with Crippen molar-refractivity contribution in [1.29, 1.82) is 0 Å². The van der Waals surface area contributed by atoms with Gasteiger partial charge in [0.25, 0.3) is 0 Å². The number of primary amides is 1. The number of ether oxygens (including phenoxy) is 2. The van der Waals surface area contributed by atoms with E-state index >= 15 is 0 Å². The highest BCUT2D eigenvalue weighted by atomic mass is 16.6. The third-order valence-corrected chi connectivity index (χ3v) is 6.47. The standard InChI is InChI=1S/C28H36N4O6/c1-16(25(34)32(6)17(2)23(24(29)33)31-27(36)38-28(3,4)5)30-26(35)37-15-22-20-13-9-7-11-18(20)19-12-8-10-14-21(19)22/h7-14,16-17,22-23H,15H2,1-6H3,(H2,29,33)(H,30,35)(H,31,36)/t16-,17-,23-/m0/s1. The lowest BCUT2D eigenvalue weighted by Crippen LogP contribution is -2.59. The number of amides is 4. The first kappa shape index (κ1) is 28.5. The van der Waals surface area contributed by atoms with Crippen LogP contribution in [0.2, 0.25) is 0 Å². The number of likely N-dealkylation sites (N-methyl/N-ethyl adjacent to an activating group) is 1. The second-order valence-corrected chi connectivity index (χ2v) is 10.4. The van der Waals surface area contributed by atoms with E-state index in [4.69, 9.17) is 15.2 Å². The van der Waals surface area contributed by atoms with Crippen LogP contribution in [0.25, 0.3) is 11.1 Å². The van der Waals surface area contributed by atoms with Gasteiger partial charge in [0.15, 0.2) is 0 Å². The Bertz CT molecular complexity index is 1160. The Kier molecular flexibility index (Phi) is 8.65. The summed E-state index contributed by atoms with van der Waals surface area (Å²) in [6, 6.07) is 13.0. The summed E-state index contributed by atoms with van der Waals surface area (Å²) in [5.41, 5.74) is 9.07. The van der Waals surface area contributed by atoms with Crippen LogP contribution < -0.4 is 16.4 Å². The second kappa shape index (κ2) is 11.5. The predicted molar refractivity (Wildman–Crippen MR) is 142 cm³/mol. The molecular weight excluding hydrogens is 488 g/mol. The molecular formula is C28H36N4O6. The van der Waals surface area contributed by atoms with Crippen molar-refractivity contribution in [3.63, 3.8) is 0 Å². The Morgan fingerprint density at radius 2 is 1.45 bits per heavy atom. The van der Waals surface area contributed by atoms with E-state index in [0.29, 0.717) is 0 Å². The quantitative estimate of drug-likeness (QED) is 0.485. The third-order valence-electron chi connectivity index (χ3n) is 6.47. The Labute approximate surface area is 222 Å². The zero-order chi connectivity index (χ0) is 28.2. The molecule has 0 fully saturated rings. The average Bonchev–Trinajstić information content (AvgIpc) is 3.17. The molecule has 0 radical (unpaired) electrons. The molecule has 0 saturated heterocycles. The molecule has 3 rings (SSSR count). The van der Waals surface area contributed by atoms with Crippen LogP contribution in [0.3, 0.4) is 0 Å². The molecule has 4 N–H and O–H groups in total. The van der Waals surface area contributed by atoms with Crippen LogP contribution in [0, 0.1) is 0 Å². The van der Waals surface area contributed by atoms with Crippen molar-refractivity contribution in [3.8, 4) is 11.1 Å². The van der Waals surface area contributed by atoms with Gasteiger partial charge in [0.2, 0.25) is 11.8 Å². The number of benzene rings is 2. The van der Waals surface area contributed by atoms with Crippen molar-refractivity contribution < 1.29 is 28.7 Å². The van der Waals surface area contributed by atoms with Crippen molar-refractivity contribution in [2.24, 2.45) is 5.73 Å². The van der Waals surface area contributed by atoms with Gasteiger partial charge < -0.3 is 30.7 Å². The lowest BCUT2D eigenvalue weighted by Gasteiger charge is -2.33. The summed E-state index contributed by atoms with van der Waals surface area (Å²) >= 11 is 0. The minimum Gasteiger partial charge on any atom is -0.449 e. The summed E-state index contributed by atoms with van der Waals surface area (Å²) in [4.78, 5) is 51.0. The predicted octanol–water partition coefficient (Wildman–Crippen LogP) is 3.14. The number of alkyl carbamates (subject to hydrolysis) is 2. The van der Waals surface area contributed by atoms with Gasteiger partial charge in [0, 0.05) is 13.0 Å². The van der Waals surface area contributed by atoms with Crippen molar-refractivity contribution in [2.45, 2.75) is 64.3 Å². The molecule has 0 aliphatic heterocycles. The van der Waals surface area contributed by atoms with E-state index in [1.54, 1.807) is 27.7 Å². The molecule has 2 aromatic rings. The number of rotatable bonds is 8. The van der Waals surface area contributed by atoms with E-state index in [0.717, 1.165) is 22.3 Å². The molecule has 2 aromatic carbocycles. The number of nitrogens with zero attached hydrogens (tertiary/aromatic N) is 1. The number of carbonyl (C=O) groups excluding carboxylic acids is 4. The second-order valence-electron chi connectivity index (χ2n) is 10.4. The smallest absolute Gasteiger partial charge is 0.408 e. The fraction of sp³-hybridized carbons (Fsp3) is 0.429. The third kappa shape index (κ3) is 6.62. The number of fused-ring (bicyclic) bond motifs is 3. The summed E-state index contributed by atoms with van der Waals surface area (Å²) in [6.07, 6.45) is -1.58. The number of hydrogen-bond donors (Lipinski definition) is 3. The molecule has 38 heavy (non-hydrogen) atoms. The number of nitrogens with one attached hydrogen (secondary N) is 2. The molecule has 4 amide bonds. The van der Waals surface area contributed by atoms with E-state index < -0.39 is 47.7 Å². The van der Waals surface area contributed by atoms with Gasteiger partial charge in [0.05, 0.1) is 6.04 Å². The number of carbonyl (C=O) groups is 4. The summed E-state index contributed by atoms with van der Waals surface area (Å²) in [6.45, 7) is 8.22. The van der Waals surface area contributed by atoms with Crippen LogP contribution >= 0.6 is 0 Å². The van der Waals surface area contributed by atoms with Crippen LogP contribution in [0.1, 0.15) is 51.7 Å². The maximum absolute atomic E-state index is 13.0. The summed E-state index contributed by atoms with van der Waals surface area (Å²) in [7, 11) is 1.45. The zero-order valence-corrected chi connectivity index (χ0v) is 22.6. The van der Waals surface area contributed by atoms with Crippen LogP contribution in [0.5, 0.6) is 0 Å². The summed E-state index contributed by atoms with van der Waals surface area (Å²) in [5, 5.41) is 4.96. The molecule has 1 aliphatic rings. The van der Waals surface area contributed by atoms with Crippen LogP contribution in [0.15, 0.2) is 48.5 Å². The number of nitrogens with two attached hydrogens (primary N) is 1. The zero-order valence-electron chi connectivity index (χ0n) is 22.6. The van der Waals surface area contributed by atoms with Crippen molar-refractivity contribution in [3.05, 3.63) is 59.7 Å². The van der Waals surface area contributed by atoms with Crippen LogP contribution in [0.4, 0.5) is 9.59 Å². The molecule has 0 saturated carbocycles. The minimum absolute atomic E-state index is 0.108. The highest BCUT2D eigenvalue weighted by molar-refractivity contribution is 5.88. The van der Waals surface area contributed by atoms with Gasteiger partial charge in [-0.15, -0.1) is 0 Å². The van der Waals surface area contributed by atoms with E-state index in [9.17, 15) is 19.2 Å². The van der Waals surface area contributed by atoms with Gasteiger partial charge in [-0.25, -0.2) is 9.59 Å². The van der Waals surface area contributed by atoms with Crippen molar-refractivity contribution >= 4 is 24.0 Å². The molecule has 10 heteroatoms. The van der Waals surface area contributed by atoms with Gasteiger partial charge in [-0.2, -0.15) is 0 Å². The van der Waals surface area contributed by atoms with Crippen molar-refractivity contribution in [1.82, 2.24) is 15.5 Å². The van der Waals surface area contributed by atoms with Crippen molar-refractivity contribution in [2.75, 3.05) is 13.7 Å². The molecule has 0 heterocycles. The molecule has 3 atom stereocenters. The van der Waals surface area contributed by atoms with Crippen LogP contribution in [-0.2, 0) is 19.1 Å². The highest BCUT2D eigenvalue weighted by Crippen LogP contribution is 2.44. The normalized spacial score (nSPS) is 14.8. The molecule has 0 bridgehead atoms. The minimum atomic E-state index is -1.21. The Balaban J connectivity index is 1.58. The van der Waals surface area contributed by atoms with Gasteiger partial charge in [-0.3, -0.25) is 9.59 Å². The molecule has 0 spiro atoms. The first-order valence-corrected chi connectivity index (χ1v) is 12.5.